The van der Waals surface area contributed by atoms with Crippen LogP contribution in [-0.4, -0.2) is 9.38 Å². The number of hydrogen-bond acceptors (Lipinski definition) is 2. The van der Waals surface area contributed by atoms with E-state index in [-0.39, 0.29) is 5.56 Å². The molecule has 1 aromatic carbocycles. The summed E-state index contributed by atoms with van der Waals surface area (Å²) in [6.45, 7) is 4.09. The molecule has 0 spiro atoms. The van der Waals surface area contributed by atoms with Crippen LogP contribution >= 0.6 is 0 Å². The van der Waals surface area contributed by atoms with E-state index < -0.39 is 0 Å². The van der Waals surface area contributed by atoms with Crippen molar-refractivity contribution in [1.29, 1.82) is 5.26 Å². The fourth-order valence-corrected chi connectivity index (χ4v) is 3.43. The number of aromatic amines is 1. The van der Waals surface area contributed by atoms with E-state index in [1.54, 1.807) is 4.40 Å². The third-order valence-corrected chi connectivity index (χ3v) is 4.66. The van der Waals surface area contributed by atoms with Gasteiger partial charge in [-0.25, -0.2) is 0 Å². The topological polar surface area (TPSA) is 61.1 Å². The largest absolute Gasteiger partial charge is 0.338 e. The normalized spacial score (nSPS) is 13.8. The molecule has 104 valence electrons. The number of rotatable bonds is 0. The molecule has 0 aliphatic heterocycles. The van der Waals surface area contributed by atoms with Crippen LogP contribution in [0.4, 0.5) is 0 Å². The summed E-state index contributed by atoms with van der Waals surface area (Å²) in [6.07, 6.45) is 2.57. The number of benzene rings is 1. The summed E-state index contributed by atoms with van der Waals surface area (Å²) in [5, 5.41) is 9.54. The number of H-pyrrole nitrogens is 1. The van der Waals surface area contributed by atoms with Gasteiger partial charge in [0.15, 0.2) is 0 Å². The predicted molar refractivity (Wildman–Crippen MR) is 81.7 cm³/mol. The Bertz CT molecular complexity index is 1010. The van der Waals surface area contributed by atoms with Crippen LogP contribution in [0.15, 0.2) is 16.9 Å². The lowest BCUT2D eigenvalue weighted by molar-refractivity contribution is 0.905. The quantitative estimate of drug-likeness (QED) is 0.687. The van der Waals surface area contributed by atoms with E-state index in [0.717, 1.165) is 47.0 Å². The number of fused-ring (bicyclic) bond motifs is 4. The van der Waals surface area contributed by atoms with Crippen LogP contribution in [0.3, 0.4) is 0 Å². The molecule has 1 aliphatic rings. The molecule has 1 N–H and O–H groups in total. The smallest absolute Gasteiger partial charge is 0.260 e. The van der Waals surface area contributed by atoms with Gasteiger partial charge in [0, 0.05) is 5.56 Å². The van der Waals surface area contributed by atoms with Crippen LogP contribution in [0.5, 0.6) is 0 Å². The molecule has 2 aromatic heterocycles. The van der Waals surface area contributed by atoms with Crippen LogP contribution in [0.1, 0.15) is 34.2 Å². The number of aromatic nitrogens is 2. The summed E-state index contributed by atoms with van der Waals surface area (Å²) < 4.78 is 1.68. The second-order valence-corrected chi connectivity index (χ2v) is 5.87. The SMILES string of the molecule is Cc1cc2[nH]c3c(C#N)c4c(c(=O)n3c2cc1C)CCC4. The first-order valence-corrected chi connectivity index (χ1v) is 7.21. The van der Waals surface area contributed by atoms with Crippen LogP contribution in [0.25, 0.3) is 16.7 Å². The fourth-order valence-electron chi connectivity index (χ4n) is 3.43. The summed E-state index contributed by atoms with van der Waals surface area (Å²) in [7, 11) is 0. The summed E-state index contributed by atoms with van der Waals surface area (Å²) in [5.74, 6) is 0. The molecule has 0 saturated carbocycles. The molecule has 0 fully saturated rings. The summed E-state index contributed by atoms with van der Waals surface area (Å²) >= 11 is 0. The molecule has 4 heteroatoms. The average Bonchev–Trinajstić information content (AvgIpc) is 3.05. The highest BCUT2D eigenvalue weighted by Gasteiger charge is 2.24. The molecule has 2 heterocycles. The van der Waals surface area contributed by atoms with Gasteiger partial charge in [0.2, 0.25) is 0 Å². The number of hydrogen-bond donors (Lipinski definition) is 1. The lowest BCUT2D eigenvalue weighted by Gasteiger charge is -2.05. The zero-order chi connectivity index (χ0) is 14.7. The summed E-state index contributed by atoms with van der Waals surface area (Å²) in [4.78, 5) is 16.1. The zero-order valence-electron chi connectivity index (χ0n) is 12.1. The molecule has 0 saturated heterocycles. The minimum atomic E-state index is 0.0333. The molecule has 0 bridgehead atoms. The van der Waals surface area contributed by atoms with Gasteiger partial charge in [0.25, 0.3) is 5.56 Å². The molecule has 4 rings (SSSR count). The second-order valence-electron chi connectivity index (χ2n) is 5.87. The van der Waals surface area contributed by atoms with Gasteiger partial charge >= 0.3 is 0 Å². The van der Waals surface area contributed by atoms with Gasteiger partial charge in [0.05, 0.1) is 16.6 Å². The Morgan fingerprint density at radius 1 is 1.19 bits per heavy atom. The van der Waals surface area contributed by atoms with Crippen molar-refractivity contribution >= 4 is 16.7 Å². The molecule has 3 aromatic rings. The molecule has 1 aliphatic carbocycles. The van der Waals surface area contributed by atoms with Crippen molar-refractivity contribution in [3.05, 3.63) is 50.3 Å². The van der Waals surface area contributed by atoms with Gasteiger partial charge < -0.3 is 4.98 Å². The van der Waals surface area contributed by atoms with Crippen molar-refractivity contribution in [3.63, 3.8) is 0 Å². The van der Waals surface area contributed by atoms with Gasteiger partial charge in [-0.15, -0.1) is 0 Å². The van der Waals surface area contributed by atoms with E-state index in [9.17, 15) is 10.1 Å². The molecular formula is C17H15N3O. The van der Waals surface area contributed by atoms with Crippen LogP contribution < -0.4 is 5.56 Å². The molecule has 0 amide bonds. The Balaban J connectivity index is 2.31. The van der Waals surface area contributed by atoms with Crippen molar-refractivity contribution in [3.8, 4) is 6.07 Å². The molecule has 4 nitrogen and oxygen atoms in total. The summed E-state index contributed by atoms with van der Waals surface area (Å²) in [6, 6.07) is 6.37. The van der Waals surface area contributed by atoms with Gasteiger partial charge in [-0.05, 0) is 61.9 Å². The predicted octanol–water partition coefficient (Wildman–Crippen LogP) is 2.76. The standard InChI is InChI=1S/C17H15N3O/c1-9-6-14-15(7-10(9)2)20-16(19-14)13(8-18)11-4-3-5-12(11)17(20)21/h6-7,19H,3-5H2,1-2H3. The average molecular weight is 277 g/mol. The lowest BCUT2D eigenvalue weighted by atomic mass is 10.1. The third kappa shape index (κ3) is 1.46. The van der Waals surface area contributed by atoms with Gasteiger partial charge in [-0.1, -0.05) is 0 Å². The zero-order valence-corrected chi connectivity index (χ0v) is 12.1. The molecule has 0 atom stereocenters. The van der Waals surface area contributed by atoms with Crippen LogP contribution in [0, 0.1) is 25.2 Å². The second kappa shape index (κ2) is 3.98. The minimum absolute atomic E-state index is 0.0333. The van der Waals surface area contributed by atoms with Crippen molar-refractivity contribution in [1.82, 2.24) is 9.38 Å². The number of nitrogens with one attached hydrogen (secondary N) is 1. The first-order chi connectivity index (χ1) is 10.1. The number of imidazole rings is 1. The van der Waals surface area contributed by atoms with E-state index in [1.807, 2.05) is 26.0 Å². The lowest BCUT2D eigenvalue weighted by Crippen LogP contribution is -2.19. The monoisotopic (exact) mass is 277 g/mol. The molecular weight excluding hydrogens is 262 g/mol. The maximum absolute atomic E-state index is 12.8. The fraction of sp³-hybridized carbons (Fsp3) is 0.294. The Morgan fingerprint density at radius 2 is 1.90 bits per heavy atom. The van der Waals surface area contributed by atoms with E-state index in [1.165, 1.54) is 5.56 Å². The van der Waals surface area contributed by atoms with E-state index in [0.29, 0.717) is 11.2 Å². The van der Waals surface area contributed by atoms with Gasteiger partial charge in [-0.3, -0.25) is 9.20 Å². The van der Waals surface area contributed by atoms with Crippen molar-refractivity contribution in [2.75, 3.05) is 0 Å². The number of nitriles is 1. The minimum Gasteiger partial charge on any atom is -0.338 e. The highest BCUT2D eigenvalue weighted by molar-refractivity contribution is 5.84. The Morgan fingerprint density at radius 3 is 2.67 bits per heavy atom. The first kappa shape index (κ1) is 12.2. The Labute approximate surface area is 121 Å². The molecule has 0 unspecified atom stereocenters. The number of pyridine rings is 1. The van der Waals surface area contributed by atoms with Crippen LogP contribution in [0.2, 0.25) is 0 Å². The third-order valence-electron chi connectivity index (χ3n) is 4.66. The number of nitrogens with zero attached hydrogens (tertiary/aromatic N) is 2. The summed E-state index contributed by atoms with van der Waals surface area (Å²) in [5.41, 5.74) is 7.18. The number of aryl methyl sites for hydroxylation is 2. The van der Waals surface area contributed by atoms with E-state index in [4.69, 9.17) is 0 Å². The molecule has 21 heavy (non-hydrogen) atoms. The van der Waals surface area contributed by atoms with Crippen molar-refractivity contribution in [2.24, 2.45) is 0 Å². The van der Waals surface area contributed by atoms with Crippen molar-refractivity contribution in [2.45, 2.75) is 33.1 Å². The first-order valence-electron chi connectivity index (χ1n) is 7.21. The highest BCUT2D eigenvalue weighted by Crippen LogP contribution is 2.28. The van der Waals surface area contributed by atoms with E-state index in [2.05, 4.69) is 11.1 Å². The van der Waals surface area contributed by atoms with Crippen molar-refractivity contribution < 1.29 is 0 Å². The highest BCUT2D eigenvalue weighted by atomic mass is 16.1. The maximum Gasteiger partial charge on any atom is 0.260 e. The Hall–Kier alpha value is -2.54. The molecule has 0 radical (unpaired) electrons. The van der Waals surface area contributed by atoms with Gasteiger partial charge in [0.1, 0.15) is 11.7 Å². The maximum atomic E-state index is 12.8. The Kier molecular flexibility index (Phi) is 2.32. The van der Waals surface area contributed by atoms with E-state index >= 15 is 0 Å². The van der Waals surface area contributed by atoms with Crippen LogP contribution in [-0.2, 0) is 12.8 Å². The van der Waals surface area contributed by atoms with Gasteiger partial charge in [-0.2, -0.15) is 5.26 Å².